The molecule has 0 aromatic heterocycles. The Morgan fingerprint density at radius 3 is 2.96 bits per heavy atom. The Hall–Kier alpha value is -2.35. The van der Waals surface area contributed by atoms with Gasteiger partial charge in [-0.15, -0.1) is 0 Å². The van der Waals surface area contributed by atoms with Gasteiger partial charge in [-0.1, -0.05) is 0 Å². The minimum absolute atomic E-state index is 0.174. The highest BCUT2D eigenvalue weighted by Gasteiger charge is 2.37. The predicted octanol–water partition coefficient (Wildman–Crippen LogP) is 0.630. The number of hydrogen-bond donors (Lipinski definition) is 3. The van der Waals surface area contributed by atoms with Crippen molar-refractivity contribution in [3.63, 3.8) is 0 Å². The number of anilines is 2. The normalized spacial score (nSPS) is 24.5. The largest absolute Gasteiger partial charge is 0.483 e. The number of benzene rings is 1. The molecule has 1 unspecified atom stereocenters. The lowest BCUT2D eigenvalue weighted by Crippen LogP contribution is -2.62. The van der Waals surface area contributed by atoms with Crippen LogP contribution in [0.4, 0.5) is 15.8 Å². The maximum absolute atomic E-state index is 14.4. The van der Waals surface area contributed by atoms with Gasteiger partial charge in [-0.25, -0.2) is 9.82 Å². The Balaban J connectivity index is 1.75. The number of nitrogens with one attached hydrogen (secondary N) is 3. The molecule has 1 atom stereocenters. The maximum Gasteiger partial charge on any atom is 0.262 e. The Bertz CT molecular complexity index is 716. The number of nitrogens with zero attached hydrogens (tertiary/aromatic N) is 2. The van der Waals surface area contributed by atoms with E-state index in [0.717, 1.165) is 13.1 Å². The molecule has 4 rings (SSSR count). The lowest BCUT2D eigenvalue weighted by molar-refractivity contribution is -0.122. The van der Waals surface area contributed by atoms with Gasteiger partial charge < -0.3 is 20.3 Å². The summed E-state index contributed by atoms with van der Waals surface area (Å²) in [5.41, 5.74) is 3.35. The Labute approximate surface area is 132 Å². The number of carbonyl (C=O) groups is 1. The molecular weight excluding hydrogens is 301 g/mol. The number of hydrazone groups is 1. The molecule has 1 aromatic rings. The van der Waals surface area contributed by atoms with E-state index in [1.807, 2.05) is 6.92 Å². The fourth-order valence-electron chi connectivity index (χ4n) is 3.06. The quantitative estimate of drug-likeness (QED) is 0.745. The van der Waals surface area contributed by atoms with Crippen LogP contribution in [-0.2, 0) is 4.79 Å². The minimum atomic E-state index is -0.426. The van der Waals surface area contributed by atoms with Crippen molar-refractivity contribution in [2.24, 2.45) is 5.10 Å². The molecule has 1 amide bonds. The summed E-state index contributed by atoms with van der Waals surface area (Å²) in [6.45, 7) is 5.56. The summed E-state index contributed by atoms with van der Waals surface area (Å²) in [5, 5.41) is 10.4. The van der Waals surface area contributed by atoms with E-state index in [2.05, 4.69) is 21.2 Å². The lowest BCUT2D eigenvalue weighted by atomic mass is 9.94. The molecule has 3 aliphatic rings. The first-order valence-corrected chi connectivity index (χ1v) is 7.58. The van der Waals surface area contributed by atoms with Gasteiger partial charge in [0.25, 0.3) is 5.91 Å². The molecule has 3 N–H and O–H groups in total. The Morgan fingerprint density at radius 1 is 1.48 bits per heavy atom. The summed E-state index contributed by atoms with van der Waals surface area (Å²) < 4.78 is 20.0. The number of halogens is 1. The number of fused-ring (bicyclic) bond motifs is 3. The predicted molar refractivity (Wildman–Crippen MR) is 84.3 cm³/mol. The number of amidine groups is 1. The second-order valence-electron chi connectivity index (χ2n) is 6.43. The Morgan fingerprint density at radius 2 is 2.26 bits per heavy atom. The fourth-order valence-corrected chi connectivity index (χ4v) is 3.06. The second kappa shape index (κ2) is 4.82. The van der Waals surface area contributed by atoms with Crippen LogP contribution in [-0.4, -0.2) is 43.0 Å². The van der Waals surface area contributed by atoms with Crippen LogP contribution in [0.3, 0.4) is 0 Å². The molecule has 122 valence electrons. The molecule has 1 fully saturated rings. The minimum Gasteiger partial charge on any atom is -0.483 e. The summed E-state index contributed by atoms with van der Waals surface area (Å²) in [6.07, 6.45) is 0. The van der Waals surface area contributed by atoms with Gasteiger partial charge in [0.15, 0.2) is 5.84 Å². The van der Waals surface area contributed by atoms with Gasteiger partial charge in [-0.2, -0.15) is 5.10 Å². The Kier molecular flexibility index (Phi) is 2.99. The van der Waals surface area contributed by atoms with E-state index in [-0.39, 0.29) is 23.9 Å². The maximum atomic E-state index is 14.4. The van der Waals surface area contributed by atoms with E-state index in [4.69, 9.17) is 4.74 Å². The number of hydrogen-bond acceptors (Lipinski definition) is 6. The highest BCUT2D eigenvalue weighted by Crippen LogP contribution is 2.39. The first-order valence-electron chi connectivity index (χ1n) is 7.58. The van der Waals surface area contributed by atoms with Gasteiger partial charge in [0.05, 0.1) is 16.9 Å². The standard InChI is InChI=1S/C15H18FN5O2/c1-8-14(22)20-19-13-5-23-12-3-9(16)10(4-11(12)21(8)13)18-15(2)6-17-7-15/h3-4,8,17-18H,5-7H2,1-2H3,(H,20,22). The monoisotopic (exact) mass is 319 g/mol. The number of rotatable bonds is 2. The first kappa shape index (κ1) is 14.3. The second-order valence-corrected chi connectivity index (χ2v) is 6.43. The summed E-state index contributed by atoms with van der Waals surface area (Å²) >= 11 is 0. The molecule has 1 aromatic carbocycles. The molecule has 8 heteroatoms. The van der Waals surface area contributed by atoms with E-state index in [1.54, 1.807) is 17.9 Å². The molecule has 7 nitrogen and oxygen atoms in total. The molecule has 23 heavy (non-hydrogen) atoms. The average Bonchev–Trinajstić information content (AvgIpc) is 2.50. The van der Waals surface area contributed by atoms with Gasteiger partial charge >= 0.3 is 0 Å². The average molecular weight is 319 g/mol. The molecule has 1 saturated heterocycles. The van der Waals surface area contributed by atoms with Crippen molar-refractivity contribution in [3.05, 3.63) is 17.9 Å². The molecule has 0 bridgehead atoms. The summed E-state index contributed by atoms with van der Waals surface area (Å²) in [4.78, 5) is 13.7. The molecule has 3 aliphatic heterocycles. The van der Waals surface area contributed by atoms with Crippen molar-refractivity contribution in [2.45, 2.75) is 25.4 Å². The lowest BCUT2D eigenvalue weighted by Gasteiger charge is -2.42. The zero-order valence-electron chi connectivity index (χ0n) is 12.9. The van der Waals surface area contributed by atoms with Gasteiger partial charge in [-0.3, -0.25) is 4.79 Å². The van der Waals surface area contributed by atoms with Crippen molar-refractivity contribution in [3.8, 4) is 5.75 Å². The highest BCUT2D eigenvalue weighted by molar-refractivity contribution is 6.09. The van der Waals surface area contributed by atoms with Gasteiger partial charge in [-0.05, 0) is 19.9 Å². The van der Waals surface area contributed by atoms with E-state index in [1.165, 1.54) is 6.07 Å². The summed E-state index contributed by atoms with van der Waals surface area (Å²) in [5.74, 6) is 0.464. The van der Waals surface area contributed by atoms with Crippen molar-refractivity contribution >= 4 is 23.1 Å². The van der Waals surface area contributed by atoms with Crippen LogP contribution >= 0.6 is 0 Å². The van der Waals surface area contributed by atoms with Crippen LogP contribution < -0.4 is 25.7 Å². The van der Waals surface area contributed by atoms with Crippen molar-refractivity contribution in [1.29, 1.82) is 0 Å². The zero-order valence-corrected chi connectivity index (χ0v) is 12.9. The van der Waals surface area contributed by atoms with Crippen LogP contribution in [0.25, 0.3) is 0 Å². The van der Waals surface area contributed by atoms with Crippen LogP contribution in [0.2, 0.25) is 0 Å². The third-order valence-corrected chi connectivity index (χ3v) is 4.47. The molecule has 0 aliphatic carbocycles. The number of ether oxygens (including phenoxy) is 1. The van der Waals surface area contributed by atoms with Crippen molar-refractivity contribution < 1.29 is 13.9 Å². The molecule has 3 heterocycles. The summed E-state index contributed by atoms with van der Waals surface area (Å²) in [6, 6.07) is 2.63. The van der Waals surface area contributed by atoms with E-state index in [0.29, 0.717) is 23.0 Å². The highest BCUT2D eigenvalue weighted by atomic mass is 19.1. The van der Waals surface area contributed by atoms with Crippen molar-refractivity contribution in [2.75, 3.05) is 29.9 Å². The number of carbonyl (C=O) groups excluding carboxylic acids is 1. The molecular formula is C15H18FN5O2. The van der Waals surface area contributed by atoms with E-state index < -0.39 is 6.04 Å². The van der Waals surface area contributed by atoms with Gasteiger partial charge in [0.2, 0.25) is 0 Å². The van der Waals surface area contributed by atoms with Crippen LogP contribution in [0.15, 0.2) is 17.2 Å². The molecule has 0 radical (unpaired) electrons. The number of amides is 1. The fraction of sp³-hybridized carbons (Fsp3) is 0.467. The van der Waals surface area contributed by atoms with E-state index in [9.17, 15) is 9.18 Å². The molecule has 0 spiro atoms. The molecule has 0 saturated carbocycles. The zero-order chi connectivity index (χ0) is 16.2. The van der Waals surface area contributed by atoms with Crippen LogP contribution in [0, 0.1) is 5.82 Å². The third-order valence-electron chi connectivity index (χ3n) is 4.47. The first-order chi connectivity index (χ1) is 11.0. The topological polar surface area (TPSA) is 78.0 Å². The summed E-state index contributed by atoms with van der Waals surface area (Å²) in [7, 11) is 0. The van der Waals surface area contributed by atoms with Crippen LogP contribution in [0.1, 0.15) is 13.8 Å². The SMILES string of the molecule is CC1C(=O)NN=C2COc3cc(F)c(NC4(C)CNC4)cc3N21. The van der Waals surface area contributed by atoms with Crippen LogP contribution in [0.5, 0.6) is 5.75 Å². The third kappa shape index (κ3) is 2.21. The van der Waals surface area contributed by atoms with Gasteiger partial charge in [0.1, 0.15) is 24.2 Å². The van der Waals surface area contributed by atoms with Crippen molar-refractivity contribution in [1.82, 2.24) is 10.7 Å². The smallest absolute Gasteiger partial charge is 0.262 e. The van der Waals surface area contributed by atoms with E-state index >= 15 is 0 Å². The van der Waals surface area contributed by atoms with Gasteiger partial charge in [0, 0.05) is 19.2 Å².